The highest BCUT2D eigenvalue weighted by molar-refractivity contribution is 5.91. The molecule has 0 spiro atoms. The normalized spacial score (nSPS) is 12.3. The number of carboxylic acids is 1. The van der Waals surface area contributed by atoms with Crippen LogP contribution in [0.4, 0.5) is 5.69 Å². The Morgan fingerprint density at radius 2 is 2.14 bits per heavy atom. The van der Waals surface area contributed by atoms with E-state index in [0.717, 1.165) is 27.8 Å². The Hall–Kier alpha value is -2.14. The van der Waals surface area contributed by atoms with Gasteiger partial charge in [-0.2, -0.15) is 0 Å². The molecule has 2 aromatic rings. The number of para-hydroxylation sites is 1. The number of carboxylic acid groups (broad SMARTS) is 1. The number of fused-ring (bicyclic) bond motifs is 1. The minimum atomic E-state index is -1.07. The van der Waals surface area contributed by atoms with E-state index in [0.29, 0.717) is 13.0 Å². The van der Waals surface area contributed by atoms with E-state index in [1.807, 2.05) is 31.2 Å². The Labute approximate surface area is 123 Å². The molecule has 0 aliphatic carbocycles. The molecule has 1 heterocycles. The zero-order valence-electron chi connectivity index (χ0n) is 12.3. The molecule has 0 fully saturated rings. The molecule has 5 nitrogen and oxygen atoms in total. The molecular formula is C16H20N2O3. The van der Waals surface area contributed by atoms with Crippen molar-refractivity contribution in [2.24, 2.45) is 0 Å². The van der Waals surface area contributed by atoms with E-state index in [1.165, 1.54) is 0 Å². The van der Waals surface area contributed by atoms with Crippen molar-refractivity contribution >= 4 is 22.6 Å². The van der Waals surface area contributed by atoms with Gasteiger partial charge in [0.05, 0.1) is 17.2 Å². The lowest BCUT2D eigenvalue weighted by molar-refractivity contribution is -0.355. The van der Waals surface area contributed by atoms with Crippen molar-refractivity contribution in [3.8, 4) is 0 Å². The Balaban J connectivity index is 2.49. The Morgan fingerprint density at radius 3 is 2.81 bits per heavy atom. The topological polar surface area (TPSA) is 86.5 Å². The molecule has 0 radical (unpaired) electrons. The summed E-state index contributed by atoms with van der Waals surface area (Å²) in [5, 5.41) is 24.5. The second-order valence-corrected chi connectivity index (χ2v) is 5.25. The van der Waals surface area contributed by atoms with E-state index in [-0.39, 0.29) is 6.42 Å². The third-order valence-electron chi connectivity index (χ3n) is 3.43. The van der Waals surface area contributed by atoms with Gasteiger partial charge in [-0.15, -0.1) is 0 Å². The number of anilines is 1. The first-order chi connectivity index (χ1) is 9.99. The molecule has 1 aromatic heterocycles. The summed E-state index contributed by atoms with van der Waals surface area (Å²) in [6.45, 7) is 4.04. The highest BCUT2D eigenvalue weighted by Crippen LogP contribution is 2.27. The van der Waals surface area contributed by atoms with Crippen LogP contribution in [0.5, 0.6) is 0 Å². The Bertz CT molecular complexity index is 653. The summed E-state index contributed by atoms with van der Waals surface area (Å²) >= 11 is 0. The maximum absolute atomic E-state index is 10.7. The summed E-state index contributed by atoms with van der Waals surface area (Å²) in [5.41, 5.74) is 3.69. The fraction of sp³-hybridized carbons (Fsp3) is 0.375. The monoisotopic (exact) mass is 288 g/mol. The minimum Gasteiger partial charge on any atom is -0.550 e. The quantitative estimate of drug-likeness (QED) is 0.807. The molecule has 21 heavy (non-hydrogen) atoms. The number of aromatic amines is 1. The first kappa shape index (κ1) is 15.3. The fourth-order valence-corrected chi connectivity index (χ4v) is 2.43. The van der Waals surface area contributed by atoms with Crippen molar-refractivity contribution in [2.45, 2.75) is 32.8 Å². The number of aliphatic hydroxyl groups is 1. The number of H-pyrrole nitrogens is 1. The van der Waals surface area contributed by atoms with E-state index >= 15 is 0 Å². The van der Waals surface area contributed by atoms with Crippen molar-refractivity contribution in [1.29, 1.82) is 0 Å². The fourth-order valence-electron chi connectivity index (χ4n) is 2.43. The molecule has 0 saturated heterocycles. The lowest BCUT2D eigenvalue weighted by atomic mass is 10.0. The average molecular weight is 288 g/mol. The molecule has 0 unspecified atom stereocenters. The van der Waals surface area contributed by atoms with Crippen LogP contribution < -0.4 is 15.4 Å². The Morgan fingerprint density at radius 1 is 1.43 bits per heavy atom. The van der Waals surface area contributed by atoms with Gasteiger partial charge in [-0.05, 0) is 25.8 Å². The van der Waals surface area contributed by atoms with Gasteiger partial charge in [0.15, 0.2) is 5.69 Å². The number of aryl methyl sites for hydroxylation is 1. The molecule has 2 rings (SSSR count). The number of aromatic nitrogens is 1. The van der Waals surface area contributed by atoms with Crippen LogP contribution in [0.25, 0.3) is 10.9 Å². The van der Waals surface area contributed by atoms with Gasteiger partial charge < -0.3 is 20.3 Å². The van der Waals surface area contributed by atoms with E-state index in [2.05, 4.69) is 10.3 Å². The number of hydrogen-bond acceptors (Lipinski definition) is 4. The zero-order chi connectivity index (χ0) is 15.4. The van der Waals surface area contributed by atoms with E-state index < -0.39 is 12.1 Å². The first-order valence-corrected chi connectivity index (χ1v) is 7.04. The SMILES string of the molecule is Cc1[nH+]c2ccccc2c(NC[C@@H](C)O)c1CCC(=O)[O-]. The van der Waals surface area contributed by atoms with Crippen LogP contribution in [-0.2, 0) is 11.2 Å². The number of carbonyl (C=O) groups is 1. The molecule has 5 heteroatoms. The van der Waals surface area contributed by atoms with Crippen molar-refractivity contribution in [3.63, 3.8) is 0 Å². The summed E-state index contributed by atoms with van der Waals surface area (Å²) < 4.78 is 0. The average Bonchev–Trinajstić information content (AvgIpc) is 2.42. The smallest absolute Gasteiger partial charge is 0.213 e. The van der Waals surface area contributed by atoms with Crippen molar-refractivity contribution < 1.29 is 20.0 Å². The van der Waals surface area contributed by atoms with Crippen LogP contribution >= 0.6 is 0 Å². The molecule has 0 aliphatic rings. The number of carbonyl (C=O) groups excluding carboxylic acids is 1. The predicted molar refractivity (Wildman–Crippen MR) is 78.7 cm³/mol. The minimum absolute atomic E-state index is 0.0314. The van der Waals surface area contributed by atoms with Gasteiger partial charge in [0, 0.05) is 31.1 Å². The molecule has 0 aliphatic heterocycles. The Kier molecular flexibility index (Phi) is 4.75. The predicted octanol–water partition coefficient (Wildman–Crippen LogP) is 0.438. The number of pyridine rings is 1. The maximum atomic E-state index is 10.7. The molecule has 1 atom stereocenters. The van der Waals surface area contributed by atoms with Crippen LogP contribution in [0.1, 0.15) is 24.6 Å². The van der Waals surface area contributed by atoms with Crippen molar-refractivity contribution in [2.75, 3.05) is 11.9 Å². The third-order valence-corrected chi connectivity index (χ3v) is 3.43. The second kappa shape index (κ2) is 6.54. The van der Waals surface area contributed by atoms with Gasteiger partial charge in [0.2, 0.25) is 5.52 Å². The van der Waals surface area contributed by atoms with Crippen LogP contribution in [0.15, 0.2) is 24.3 Å². The van der Waals surface area contributed by atoms with Gasteiger partial charge in [-0.1, -0.05) is 12.1 Å². The number of benzene rings is 1. The summed E-state index contributed by atoms with van der Waals surface area (Å²) in [7, 11) is 0. The maximum Gasteiger partial charge on any atom is 0.213 e. The molecule has 112 valence electrons. The van der Waals surface area contributed by atoms with Gasteiger partial charge in [0.25, 0.3) is 0 Å². The molecule has 1 aromatic carbocycles. The standard InChI is InChI=1S/C16H20N2O3/c1-10(19)9-17-16-12(7-8-15(20)21)11(2)18-14-6-4-3-5-13(14)16/h3-6,10,19H,7-9H2,1-2H3,(H,17,18)(H,20,21)/t10-/m1/s1. The summed E-state index contributed by atoms with van der Waals surface area (Å²) in [6.07, 6.45) is -0.129. The number of aliphatic hydroxyl groups excluding tert-OH is 1. The lowest BCUT2D eigenvalue weighted by Crippen LogP contribution is -2.24. The molecule has 0 bridgehead atoms. The van der Waals surface area contributed by atoms with E-state index in [9.17, 15) is 15.0 Å². The van der Waals surface area contributed by atoms with Crippen molar-refractivity contribution in [1.82, 2.24) is 0 Å². The molecule has 0 saturated carbocycles. The van der Waals surface area contributed by atoms with Gasteiger partial charge in [-0.3, -0.25) is 0 Å². The van der Waals surface area contributed by atoms with Crippen LogP contribution in [0.3, 0.4) is 0 Å². The summed E-state index contributed by atoms with van der Waals surface area (Å²) in [4.78, 5) is 14.0. The largest absolute Gasteiger partial charge is 0.550 e. The summed E-state index contributed by atoms with van der Waals surface area (Å²) in [5.74, 6) is -1.07. The second-order valence-electron chi connectivity index (χ2n) is 5.25. The van der Waals surface area contributed by atoms with Crippen LogP contribution in [0.2, 0.25) is 0 Å². The van der Waals surface area contributed by atoms with Crippen molar-refractivity contribution in [3.05, 3.63) is 35.5 Å². The van der Waals surface area contributed by atoms with E-state index in [1.54, 1.807) is 6.92 Å². The number of rotatable bonds is 6. The van der Waals surface area contributed by atoms with Crippen LogP contribution in [0, 0.1) is 6.92 Å². The van der Waals surface area contributed by atoms with Crippen LogP contribution in [-0.4, -0.2) is 23.7 Å². The third kappa shape index (κ3) is 3.70. The zero-order valence-corrected chi connectivity index (χ0v) is 12.3. The number of hydrogen-bond donors (Lipinski definition) is 2. The molecule has 3 N–H and O–H groups in total. The first-order valence-electron chi connectivity index (χ1n) is 7.04. The van der Waals surface area contributed by atoms with E-state index in [4.69, 9.17) is 0 Å². The summed E-state index contributed by atoms with van der Waals surface area (Å²) in [6, 6.07) is 7.82. The number of aliphatic carboxylic acids is 1. The lowest BCUT2D eigenvalue weighted by Gasteiger charge is -2.15. The molecular weight excluding hydrogens is 268 g/mol. The number of nitrogens with one attached hydrogen (secondary N) is 2. The highest BCUT2D eigenvalue weighted by atomic mass is 16.4. The molecule has 0 amide bonds. The van der Waals surface area contributed by atoms with Gasteiger partial charge in [0.1, 0.15) is 0 Å². The van der Waals surface area contributed by atoms with Gasteiger partial charge in [-0.25, -0.2) is 4.98 Å². The van der Waals surface area contributed by atoms with Gasteiger partial charge >= 0.3 is 0 Å². The highest BCUT2D eigenvalue weighted by Gasteiger charge is 2.17.